The third kappa shape index (κ3) is 1.90. The van der Waals surface area contributed by atoms with Crippen molar-refractivity contribution in [1.29, 1.82) is 0 Å². The van der Waals surface area contributed by atoms with Crippen LogP contribution in [0.1, 0.15) is 6.92 Å². The minimum Gasteiger partial charge on any atom is -0.492 e. The van der Waals surface area contributed by atoms with Gasteiger partial charge in [-0.3, -0.25) is 4.98 Å². The Morgan fingerprint density at radius 2 is 2.16 bits per heavy atom. The molecule has 19 heavy (non-hydrogen) atoms. The molecule has 0 unspecified atom stereocenters. The molecular formula is C14H12BrClN2O. The molecule has 3 nitrogen and oxygen atoms in total. The third-order valence-corrected chi connectivity index (χ3v) is 4.48. The Kier molecular flexibility index (Phi) is 3.15. The quantitative estimate of drug-likeness (QED) is 0.685. The lowest BCUT2D eigenvalue weighted by Gasteiger charge is -2.05. The zero-order chi connectivity index (χ0) is 13.6. The van der Waals surface area contributed by atoms with Crippen LogP contribution in [0.15, 0.2) is 29.0 Å². The molecule has 98 valence electrons. The molecular weight excluding hydrogens is 328 g/mol. The van der Waals surface area contributed by atoms with Crippen LogP contribution in [0.25, 0.3) is 21.8 Å². The van der Waals surface area contributed by atoms with E-state index in [4.69, 9.17) is 16.3 Å². The first kappa shape index (κ1) is 12.8. The van der Waals surface area contributed by atoms with Gasteiger partial charge in [0, 0.05) is 24.8 Å². The number of hydrogen-bond acceptors (Lipinski definition) is 2. The molecule has 2 heterocycles. The zero-order valence-electron chi connectivity index (χ0n) is 10.6. The maximum atomic E-state index is 6.12. The van der Waals surface area contributed by atoms with Gasteiger partial charge in [0.1, 0.15) is 5.75 Å². The highest BCUT2D eigenvalue weighted by Crippen LogP contribution is 2.36. The highest BCUT2D eigenvalue weighted by Gasteiger charge is 2.14. The van der Waals surface area contributed by atoms with E-state index in [9.17, 15) is 0 Å². The van der Waals surface area contributed by atoms with Gasteiger partial charge in [-0.05, 0) is 35.0 Å². The molecule has 5 heteroatoms. The molecule has 0 radical (unpaired) electrons. The molecule has 1 aromatic carbocycles. The second-order valence-electron chi connectivity index (χ2n) is 4.32. The minimum atomic E-state index is 0.640. The van der Waals surface area contributed by atoms with E-state index in [0.29, 0.717) is 11.6 Å². The third-order valence-electron chi connectivity index (χ3n) is 3.13. The van der Waals surface area contributed by atoms with Crippen LogP contribution < -0.4 is 4.74 Å². The standard InChI is InChI=1S/C14H12BrClN2O/c1-3-19-11-7-18(2)14-8-4-5-10(16)12(15)13(8)17-6-9(11)14/h4-7H,3H2,1-2H3. The normalized spacial score (nSPS) is 11.4. The molecule has 0 amide bonds. The van der Waals surface area contributed by atoms with E-state index in [2.05, 4.69) is 25.5 Å². The number of benzene rings is 1. The maximum Gasteiger partial charge on any atom is 0.146 e. The Bertz CT molecular complexity index is 782. The van der Waals surface area contributed by atoms with Crippen molar-refractivity contribution in [1.82, 2.24) is 9.55 Å². The predicted octanol–water partition coefficient (Wildman–Crippen LogP) is 4.54. The summed E-state index contributed by atoms with van der Waals surface area (Å²) in [5, 5.41) is 2.74. The minimum absolute atomic E-state index is 0.640. The number of ether oxygens (including phenoxy) is 1. The number of halogens is 2. The molecule has 0 bridgehead atoms. The van der Waals surface area contributed by atoms with E-state index in [1.165, 1.54) is 0 Å². The fourth-order valence-electron chi connectivity index (χ4n) is 2.33. The van der Waals surface area contributed by atoms with E-state index < -0.39 is 0 Å². The van der Waals surface area contributed by atoms with Gasteiger partial charge in [-0.15, -0.1) is 0 Å². The van der Waals surface area contributed by atoms with Crippen molar-refractivity contribution < 1.29 is 4.74 Å². The smallest absolute Gasteiger partial charge is 0.146 e. The molecule has 0 atom stereocenters. The fraction of sp³-hybridized carbons (Fsp3) is 0.214. The number of aromatic nitrogens is 2. The first-order chi connectivity index (χ1) is 9.13. The van der Waals surface area contributed by atoms with Crippen LogP contribution in [0.2, 0.25) is 5.02 Å². The van der Waals surface area contributed by atoms with Crippen LogP contribution in [0.5, 0.6) is 5.75 Å². The topological polar surface area (TPSA) is 27.1 Å². The predicted molar refractivity (Wildman–Crippen MR) is 82.1 cm³/mol. The van der Waals surface area contributed by atoms with Crippen molar-refractivity contribution >= 4 is 49.3 Å². The number of rotatable bonds is 2. The van der Waals surface area contributed by atoms with Gasteiger partial charge in [0.25, 0.3) is 0 Å². The van der Waals surface area contributed by atoms with Crippen molar-refractivity contribution in [3.63, 3.8) is 0 Å². The maximum absolute atomic E-state index is 6.12. The van der Waals surface area contributed by atoms with E-state index in [0.717, 1.165) is 32.0 Å². The van der Waals surface area contributed by atoms with Crippen LogP contribution in [0.3, 0.4) is 0 Å². The van der Waals surface area contributed by atoms with Gasteiger partial charge in [-0.25, -0.2) is 0 Å². The summed E-state index contributed by atoms with van der Waals surface area (Å²) in [7, 11) is 2.01. The van der Waals surface area contributed by atoms with Gasteiger partial charge >= 0.3 is 0 Å². The summed E-state index contributed by atoms with van der Waals surface area (Å²) in [5.74, 6) is 0.862. The van der Waals surface area contributed by atoms with Crippen molar-refractivity contribution in [3.8, 4) is 5.75 Å². The van der Waals surface area contributed by atoms with E-state index in [1.807, 2.05) is 38.5 Å². The SMILES string of the molecule is CCOc1cn(C)c2c1cnc1c(Br)c(Cl)ccc12. The van der Waals surface area contributed by atoms with Crippen molar-refractivity contribution in [2.24, 2.45) is 7.05 Å². The van der Waals surface area contributed by atoms with Gasteiger partial charge in [0.2, 0.25) is 0 Å². The van der Waals surface area contributed by atoms with Crippen LogP contribution in [-0.2, 0) is 7.05 Å². The Labute approximate surface area is 124 Å². The second kappa shape index (κ2) is 4.69. The molecule has 0 aliphatic rings. The molecule has 0 fully saturated rings. The van der Waals surface area contributed by atoms with Crippen LogP contribution in [0, 0.1) is 0 Å². The summed E-state index contributed by atoms with van der Waals surface area (Å²) in [6.45, 7) is 2.62. The van der Waals surface area contributed by atoms with Crippen LogP contribution in [0.4, 0.5) is 0 Å². The molecule has 0 saturated heterocycles. The Morgan fingerprint density at radius 3 is 2.89 bits per heavy atom. The summed E-state index contributed by atoms with van der Waals surface area (Å²) in [5.41, 5.74) is 1.97. The van der Waals surface area contributed by atoms with Crippen molar-refractivity contribution in [2.45, 2.75) is 6.92 Å². The first-order valence-electron chi connectivity index (χ1n) is 5.98. The molecule has 0 aliphatic carbocycles. The number of hydrogen-bond donors (Lipinski definition) is 0. The first-order valence-corrected chi connectivity index (χ1v) is 7.15. The highest BCUT2D eigenvalue weighted by atomic mass is 79.9. The number of pyridine rings is 1. The Hall–Kier alpha value is -1.26. The number of aryl methyl sites for hydroxylation is 1. The molecule has 0 aliphatic heterocycles. The van der Waals surface area contributed by atoms with Gasteiger partial charge in [0.05, 0.1) is 32.5 Å². The second-order valence-corrected chi connectivity index (χ2v) is 5.52. The van der Waals surface area contributed by atoms with E-state index in [1.54, 1.807) is 0 Å². The summed E-state index contributed by atoms with van der Waals surface area (Å²) in [6, 6.07) is 3.87. The molecule has 0 spiro atoms. The van der Waals surface area contributed by atoms with E-state index >= 15 is 0 Å². The summed E-state index contributed by atoms with van der Waals surface area (Å²) in [6.07, 6.45) is 3.82. The molecule has 0 saturated carbocycles. The summed E-state index contributed by atoms with van der Waals surface area (Å²) in [4.78, 5) is 4.50. The molecule has 3 aromatic rings. The number of nitrogens with zero attached hydrogens (tertiary/aromatic N) is 2. The lowest BCUT2D eigenvalue weighted by atomic mass is 10.1. The highest BCUT2D eigenvalue weighted by molar-refractivity contribution is 9.10. The Morgan fingerprint density at radius 1 is 1.37 bits per heavy atom. The van der Waals surface area contributed by atoms with Gasteiger partial charge in [-0.2, -0.15) is 0 Å². The molecule has 2 aromatic heterocycles. The molecule has 3 rings (SSSR count). The molecule has 0 N–H and O–H groups in total. The average molecular weight is 340 g/mol. The van der Waals surface area contributed by atoms with Crippen molar-refractivity contribution in [3.05, 3.63) is 34.0 Å². The van der Waals surface area contributed by atoms with E-state index in [-0.39, 0.29) is 0 Å². The van der Waals surface area contributed by atoms with Crippen LogP contribution >= 0.6 is 27.5 Å². The summed E-state index contributed by atoms with van der Waals surface area (Å²) < 4.78 is 8.53. The van der Waals surface area contributed by atoms with Gasteiger partial charge in [0.15, 0.2) is 0 Å². The van der Waals surface area contributed by atoms with Gasteiger partial charge in [-0.1, -0.05) is 11.6 Å². The average Bonchev–Trinajstić information content (AvgIpc) is 2.71. The lowest BCUT2D eigenvalue weighted by molar-refractivity contribution is 0.343. The monoisotopic (exact) mass is 338 g/mol. The van der Waals surface area contributed by atoms with Gasteiger partial charge < -0.3 is 9.30 Å². The largest absolute Gasteiger partial charge is 0.492 e. The fourth-order valence-corrected chi connectivity index (χ4v) is 2.93. The summed E-state index contributed by atoms with van der Waals surface area (Å²) >= 11 is 9.61. The van der Waals surface area contributed by atoms with Crippen molar-refractivity contribution in [2.75, 3.05) is 6.61 Å². The lowest BCUT2D eigenvalue weighted by Crippen LogP contribution is -1.90. The zero-order valence-corrected chi connectivity index (χ0v) is 12.9. The number of fused-ring (bicyclic) bond motifs is 3. The Balaban J connectivity index is 2.44. The van der Waals surface area contributed by atoms with Crippen LogP contribution in [-0.4, -0.2) is 16.2 Å².